The second kappa shape index (κ2) is 10.7. The first kappa shape index (κ1) is 25.7. The summed E-state index contributed by atoms with van der Waals surface area (Å²) in [7, 11) is 3.20. The number of aliphatic hydroxyl groups is 1. The van der Waals surface area contributed by atoms with Crippen molar-refractivity contribution in [2.24, 2.45) is 10.4 Å². The average molecular weight is 495 g/mol. The molecule has 1 saturated carbocycles. The molecule has 0 bridgehead atoms. The maximum atomic E-state index is 12.7. The van der Waals surface area contributed by atoms with Gasteiger partial charge in [-0.3, -0.25) is 14.6 Å². The predicted molar refractivity (Wildman–Crippen MR) is 135 cm³/mol. The number of allylic oxidation sites excluding steroid dienone is 2. The number of nitrogens with zero attached hydrogens (tertiary/aromatic N) is 2. The molecule has 0 saturated heterocycles. The Morgan fingerprint density at radius 2 is 1.86 bits per heavy atom. The molecule has 1 N–H and O–H groups in total. The van der Waals surface area contributed by atoms with Gasteiger partial charge < -0.3 is 19.1 Å². The molecule has 0 unspecified atom stereocenters. The van der Waals surface area contributed by atoms with Crippen molar-refractivity contribution in [2.45, 2.75) is 65.2 Å². The summed E-state index contributed by atoms with van der Waals surface area (Å²) >= 11 is 0. The van der Waals surface area contributed by atoms with Crippen molar-refractivity contribution in [1.29, 1.82) is 0 Å². The van der Waals surface area contributed by atoms with Crippen LogP contribution < -0.4 is 9.47 Å². The number of carbonyl (C=O) groups is 2. The van der Waals surface area contributed by atoms with Crippen molar-refractivity contribution in [3.8, 4) is 11.5 Å². The number of carbonyl (C=O) groups excluding carboxylic acids is 2. The molecule has 0 radical (unpaired) electrons. The zero-order valence-corrected chi connectivity index (χ0v) is 21.5. The summed E-state index contributed by atoms with van der Waals surface area (Å²) in [4.78, 5) is 30.1. The molecular formula is C28H34N2O6. The quantitative estimate of drug-likeness (QED) is 0.405. The molecule has 2 aliphatic carbocycles. The molecule has 1 aromatic carbocycles. The lowest BCUT2D eigenvalue weighted by atomic mass is 9.76. The minimum Gasteiger partial charge on any atom is -0.511 e. The van der Waals surface area contributed by atoms with Gasteiger partial charge in [-0.15, -0.1) is 0 Å². The number of ether oxygens (including phenoxy) is 2. The lowest BCUT2D eigenvalue weighted by molar-refractivity contribution is -0.115. The Hall–Kier alpha value is -3.42. The zero-order chi connectivity index (χ0) is 25.9. The summed E-state index contributed by atoms with van der Waals surface area (Å²) in [6.07, 6.45) is 4.03. The zero-order valence-electron chi connectivity index (χ0n) is 21.5. The molecule has 1 heterocycles. The van der Waals surface area contributed by atoms with Gasteiger partial charge in [0.25, 0.3) is 0 Å². The predicted octanol–water partition coefficient (Wildman–Crippen LogP) is 5.03. The lowest BCUT2D eigenvalue weighted by Crippen LogP contribution is -2.26. The van der Waals surface area contributed by atoms with Gasteiger partial charge in [0.2, 0.25) is 0 Å². The Morgan fingerprint density at radius 3 is 2.61 bits per heavy atom. The molecular weight excluding hydrogens is 460 g/mol. The van der Waals surface area contributed by atoms with Gasteiger partial charge in [0.15, 0.2) is 23.1 Å². The number of methoxy groups -OCH3 is 2. The molecule has 8 nitrogen and oxygen atoms in total. The second-order valence-electron chi connectivity index (χ2n) is 10.2. The monoisotopic (exact) mass is 494 g/mol. The number of hydrogen-bond donors (Lipinski definition) is 1. The third-order valence-corrected chi connectivity index (χ3v) is 6.81. The van der Waals surface area contributed by atoms with Crippen molar-refractivity contribution >= 4 is 17.3 Å². The van der Waals surface area contributed by atoms with E-state index in [9.17, 15) is 14.7 Å². The van der Waals surface area contributed by atoms with E-state index in [1.54, 1.807) is 14.2 Å². The van der Waals surface area contributed by atoms with Crippen LogP contribution in [0.4, 0.5) is 0 Å². The molecule has 0 amide bonds. The van der Waals surface area contributed by atoms with Gasteiger partial charge in [-0.1, -0.05) is 25.1 Å². The third kappa shape index (κ3) is 5.53. The smallest absolute Gasteiger partial charge is 0.168 e. The van der Waals surface area contributed by atoms with E-state index in [0.717, 1.165) is 5.56 Å². The second-order valence-corrected chi connectivity index (χ2v) is 10.2. The van der Waals surface area contributed by atoms with E-state index in [1.807, 2.05) is 32.0 Å². The number of aliphatic imine (C=N–C) groups is 1. The normalized spacial score (nSPS) is 19.8. The number of hydrogen-bond acceptors (Lipinski definition) is 8. The fraction of sp³-hybridized carbons (Fsp3) is 0.500. The molecule has 8 heteroatoms. The van der Waals surface area contributed by atoms with Gasteiger partial charge in [-0.2, -0.15) is 0 Å². The number of benzene rings is 1. The van der Waals surface area contributed by atoms with E-state index in [-0.39, 0.29) is 29.2 Å². The van der Waals surface area contributed by atoms with Crippen LogP contribution in [0.3, 0.4) is 0 Å². The van der Waals surface area contributed by atoms with Crippen molar-refractivity contribution in [3.05, 3.63) is 52.1 Å². The van der Waals surface area contributed by atoms with Crippen LogP contribution in [0, 0.1) is 5.41 Å². The van der Waals surface area contributed by atoms with Crippen LogP contribution in [0.2, 0.25) is 0 Å². The minimum absolute atomic E-state index is 0.00454. The van der Waals surface area contributed by atoms with Crippen molar-refractivity contribution < 1.29 is 28.7 Å². The van der Waals surface area contributed by atoms with Crippen LogP contribution in [0.25, 0.3) is 0 Å². The first-order chi connectivity index (χ1) is 17.2. The average Bonchev–Trinajstić information content (AvgIpc) is 3.24. The first-order valence-electron chi connectivity index (χ1n) is 12.4. The standard InChI is InChI=1S/C28H34N2O6/c1-28(2)15-22(33)27-19(30-36-25(27)16-28)9-10-21(32)26-18(6-5-7-20(26)31)29-13-12-17-8-11-23(34-3)24(14-17)35-4/h8,11,14,32H,5-7,9-10,12-13,15-16H2,1-4H3/b26-21-,29-18?. The molecule has 0 atom stereocenters. The fourth-order valence-corrected chi connectivity index (χ4v) is 5.02. The maximum absolute atomic E-state index is 12.7. The van der Waals surface area contributed by atoms with Crippen molar-refractivity contribution in [3.63, 3.8) is 0 Å². The van der Waals surface area contributed by atoms with E-state index in [4.69, 9.17) is 19.0 Å². The molecule has 1 fully saturated rings. The number of Topliss-reactive ketones (excluding diaryl/α,β-unsaturated/α-hetero) is 2. The van der Waals surface area contributed by atoms with Gasteiger partial charge >= 0.3 is 0 Å². The molecule has 0 aliphatic heterocycles. The number of rotatable bonds is 8. The highest BCUT2D eigenvalue weighted by Gasteiger charge is 2.36. The highest BCUT2D eigenvalue weighted by atomic mass is 16.5. The third-order valence-electron chi connectivity index (χ3n) is 6.81. The van der Waals surface area contributed by atoms with Gasteiger partial charge in [0.05, 0.1) is 31.1 Å². The van der Waals surface area contributed by atoms with E-state index in [2.05, 4.69) is 5.16 Å². The van der Waals surface area contributed by atoms with E-state index >= 15 is 0 Å². The SMILES string of the molecule is COc1ccc(CCN=C2CCCC(=O)/C2=C(\O)CCc2noc3c2C(=O)CC(C)(C)C3)cc1OC. The highest BCUT2D eigenvalue weighted by Crippen LogP contribution is 2.36. The minimum atomic E-state index is -0.151. The molecule has 0 spiro atoms. The van der Waals surface area contributed by atoms with Crippen LogP contribution in [0.1, 0.15) is 73.3 Å². The summed E-state index contributed by atoms with van der Waals surface area (Å²) in [6.45, 7) is 4.55. The molecule has 1 aromatic heterocycles. The van der Waals surface area contributed by atoms with Gasteiger partial charge in [0, 0.05) is 44.4 Å². The summed E-state index contributed by atoms with van der Waals surface area (Å²) < 4.78 is 16.1. The highest BCUT2D eigenvalue weighted by molar-refractivity contribution is 6.24. The Kier molecular flexibility index (Phi) is 7.62. The van der Waals surface area contributed by atoms with Gasteiger partial charge in [0.1, 0.15) is 11.5 Å². The van der Waals surface area contributed by atoms with E-state index in [1.165, 1.54) is 0 Å². The molecule has 4 rings (SSSR count). The summed E-state index contributed by atoms with van der Waals surface area (Å²) in [5.41, 5.74) is 2.95. The van der Waals surface area contributed by atoms with Gasteiger partial charge in [-0.05, 0) is 42.4 Å². The molecule has 2 aliphatic rings. The molecule has 192 valence electrons. The Labute approximate surface area is 211 Å². The number of ketones is 2. The molecule has 2 aromatic rings. The van der Waals surface area contributed by atoms with Crippen LogP contribution in [-0.4, -0.2) is 48.3 Å². The summed E-state index contributed by atoms with van der Waals surface area (Å²) in [6, 6.07) is 5.74. The van der Waals surface area contributed by atoms with Crippen molar-refractivity contribution in [1.82, 2.24) is 5.16 Å². The Balaban J connectivity index is 1.47. The number of aliphatic hydroxyl groups excluding tert-OH is 1. The lowest BCUT2D eigenvalue weighted by Gasteiger charge is -2.26. The topological polar surface area (TPSA) is 111 Å². The van der Waals surface area contributed by atoms with Crippen LogP contribution in [-0.2, 0) is 24.1 Å². The van der Waals surface area contributed by atoms with Crippen LogP contribution in [0.15, 0.2) is 39.0 Å². The number of aryl methyl sites for hydroxylation is 1. The van der Waals surface area contributed by atoms with E-state index in [0.29, 0.717) is 91.3 Å². The summed E-state index contributed by atoms with van der Waals surface area (Å²) in [5, 5.41) is 15.0. The Morgan fingerprint density at radius 1 is 1.08 bits per heavy atom. The number of fused-ring (bicyclic) bond motifs is 1. The number of aromatic nitrogens is 1. The molecule has 36 heavy (non-hydrogen) atoms. The largest absolute Gasteiger partial charge is 0.511 e. The first-order valence-corrected chi connectivity index (χ1v) is 12.4. The van der Waals surface area contributed by atoms with Gasteiger partial charge in [-0.25, -0.2) is 0 Å². The van der Waals surface area contributed by atoms with Crippen LogP contribution >= 0.6 is 0 Å². The summed E-state index contributed by atoms with van der Waals surface area (Å²) in [5.74, 6) is 1.87. The van der Waals surface area contributed by atoms with E-state index < -0.39 is 0 Å². The fourth-order valence-electron chi connectivity index (χ4n) is 5.02. The maximum Gasteiger partial charge on any atom is 0.168 e. The van der Waals surface area contributed by atoms with Crippen LogP contribution in [0.5, 0.6) is 11.5 Å². The Bertz CT molecular complexity index is 1220. The van der Waals surface area contributed by atoms with Crippen molar-refractivity contribution in [2.75, 3.05) is 20.8 Å².